The van der Waals surface area contributed by atoms with E-state index in [4.69, 9.17) is 16.7 Å². The predicted octanol–water partition coefficient (Wildman–Crippen LogP) is 2.12. The third-order valence-corrected chi connectivity index (χ3v) is 4.41. The van der Waals surface area contributed by atoms with Crippen molar-refractivity contribution in [2.24, 2.45) is 0 Å². The second-order valence-corrected chi connectivity index (χ2v) is 6.27. The van der Waals surface area contributed by atoms with Gasteiger partial charge in [-0.05, 0) is 24.6 Å². The first-order valence-electron chi connectivity index (χ1n) is 5.93. The molecular weight excluding hydrogens is 318 g/mol. The lowest BCUT2D eigenvalue weighted by atomic mass is 10.2. The monoisotopic (exact) mass is 329 g/mol. The number of aryl methyl sites for hydroxylation is 1. The fourth-order valence-electron chi connectivity index (χ4n) is 1.63. The molecule has 0 spiro atoms. The van der Waals surface area contributed by atoms with E-state index in [1.54, 1.807) is 6.07 Å². The molecule has 0 atom stereocenters. The average molecular weight is 330 g/mol. The maximum atomic E-state index is 12.2. The second-order valence-electron chi connectivity index (χ2n) is 4.18. The molecule has 3 N–H and O–H groups in total. The van der Waals surface area contributed by atoms with Gasteiger partial charge in [0.1, 0.15) is 0 Å². The van der Waals surface area contributed by atoms with Gasteiger partial charge in [-0.25, -0.2) is 13.2 Å². The maximum absolute atomic E-state index is 12.2. The van der Waals surface area contributed by atoms with Gasteiger partial charge < -0.3 is 5.11 Å². The van der Waals surface area contributed by atoms with Crippen LogP contribution in [0.3, 0.4) is 0 Å². The Morgan fingerprint density at radius 3 is 2.71 bits per heavy atom. The van der Waals surface area contributed by atoms with Crippen LogP contribution in [0.5, 0.6) is 0 Å². The van der Waals surface area contributed by atoms with Crippen molar-refractivity contribution in [3.63, 3.8) is 0 Å². The van der Waals surface area contributed by atoms with Crippen LogP contribution in [0.2, 0.25) is 5.02 Å². The third kappa shape index (κ3) is 3.34. The van der Waals surface area contributed by atoms with Gasteiger partial charge in [-0.1, -0.05) is 18.5 Å². The first kappa shape index (κ1) is 15.3. The summed E-state index contributed by atoms with van der Waals surface area (Å²) in [6.45, 7) is 1.89. The van der Waals surface area contributed by atoms with Gasteiger partial charge in [-0.2, -0.15) is 5.10 Å². The number of carbonyl (C=O) groups is 1. The molecule has 112 valence electrons. The fraction of sp³-hybridized carbons (Fsp3) is 0.167. The molecule has 9 heteroatoms. The molecule has 21 heavy (non-hydrogen) atoms. The van der Waals surface area contributed by atoms with Gasteiger partial charge in [-0.3, -0.25) is 9.82 Å². The fourth-order valence-corrected chi connectivity index (χ4v) is 2.84. The molecule has 0 amide bonds. The van der Waals surface area contributed by atoms with E-state index in [-0.39, 0.29) is 21.3 Å². The molecule has 0 aliphatic rings. The average Bonchev–Trinajstić information content (AvgIpc) is 2.85. The maximum Gasteiger partial charge on any atom is 0.337 e. The Balaban J connectivity index is 2.35. The van der Waals surface area contributed by atoms with Crippen molar-refractivity contribution in [3.05, 3.63) is 40.5 Å². The van der Waals surface area contributed by atoms with Crippen molar-refractivity contribution in [3.8, 4) is 0 Å². The molecule has 0 saturated carbocycles. The molecule has 2 aromatic rings. The number of benzene rings is 1. The number of hydrogen-bond acceptors (Lipinski definition) is 4. The van der Waals surface area contributed by atoms with Crippen LogP contribution in [0.15, 0.2) is 29.2 Å². The summed E-state index contributed by atoms with van der Waals surface area (Å²) in [7, 11) is -3.94. The minimum Gasteiger partial charge on any atom is -0.478 e. The lowest BCUT2D eigenvalue weighted by Gasteiger charge is -2.07. The number of nitrogens with zero attached hydrogens (tertiary/aromatic N) is 1. The van der Waals surface area contributed by atoms with Crippen LogP contribution in [0.1, 0.15) is 23.0 Å². The highest BCUT2D eigenvalue weighted by molar-refractivity contribution is 7.92. The van der Waals surface area contributed by atoms with Crippen molar-refractivity contribution in [2.75, 3.05) is 4.72 Å². The number of aromatic nitrogens is 2. The van der Waals surface area contributed by atoms with E-state index in [1.807, 2.05) is 6.92 Å². The number of anilines is 1. The minimum absolute atomic E-state index is 0.0329. The third-order valence-electron chi connectivity index (χ3n) is 2.73. The van der Waals surface area contributed by atoms with Crippen LogP contribution in [0.25, 0.3) is 0 Å². The molecular formula is C12H12ClN3O4S. The number of aromatic carboxylic acids is 1. The van der Waals surface area contributed by atoms with E-state index in [9.17, 15) is 13.2 Å². The molecule has 0 unspecified atom stereocenters. The summed E-state index contributed by atoms with van der Waals surface area (Å²) in [6.07, 6.45) is 0.679. The van der Waals surface area contributed by atoms with Crippen molar-refractivity contribution < 1.29 is 18.3 Å². The molecule has 0 aliphatic carbocycles. The summed E-state index contributed by atoms with van der Waals surface area (Å²) in [5.74, 6) is -1.16. The number of carboxylic acid groups (broad SMARTS) is 1. The predicted molar refractivity (Wildman–Crippen MR) is 77.2 cm³/mol. The number of halogens is 1. The zero-order chi connectivity index (χ0) is 15.6. The van der Waals surface area contributed by atoms with Gasteiger partial charge in [0.05, 0.1) is 15.5 Å². The van der Waals surface area contributed by atoms with Crippen LogP contribution < -0.4 is 4.72 Å². The van der Waals surface area contributed by atoms with Crippen molar-refractivity contribution in [2.45, 2.75) is 18.2 Å². The van der Waals surface area contributed by atoms with Crippen LogP contribution in [-0.4, -0.2) is 29.7 Å². The van der Waals surface area contributed by atoms with E-state index < -0.39 is 16.0 Å². The summed E-state index contributed by atoms with van der Waals surface area (Å²) in [6, 6.07) is 5.01. The van der Waals surface area contributed by atoms with Gasteiger partial charge in [0.25, 0.3) is 10.0 Å². The van der Waals surface area contributed by atoms with E-state index in [0.29, 0.717) is 6.42 Å². The highest BCUT2D eigenvalue weighted by Crippen LogP contribution is 2.22. The number of rotatable bonds is 5. The Morgan fingerprint density at radius 2 is 2.14 bits per heavy atom. The lowest BCUT2D eigenvalue weighted by molar-refractivity contribution is 0.0697. The van der Waals surface area contributed by atoms with E-state index in [2.05, 4.69) is 14.9 Å². The number of aromatic amines is 1. The van der Waals surface area contributed by atoms with E-state index >= 15 is 0 Å². The standard InChI is InChI=1S/C12H12ClN3O4S/c1-2-7-5-11(15-14-7)16-21(19,20)8-3-4-10(13)9(6-8)12(17)18/h3-6H,2H2,1H3,(H,17,18)(H2,14,15,16). The van der Waals surface area contributed by atoms with Gasteiger partial charge in [-0.15, -0.1) is 0 Å². The molecule has 1 aromatic heterocycles. The van der Waals surface area contributed by atoms with Crippen molar-refractivity contribution >= 4 is 33.4 Å². The first-order valence-corrected chi connectivity index (χ1v) is 7.79. The molecule has 0 aliphatic heterocycles. The Labute approximate surface area is 126 Å². The van der Waals surface area contributed by atoms with Gasteiger partial charge in [0.2, 0.25) is 0 Å². The number of hydrogen-bond donors (Lipinski definition) is 3. The Kier molecular flexibility index (Phi) is 4.19. The first-order chi connectivity index (χ1) is 9.83. The molecule has 1 aromatic carbocycles. The summed E-state index contributed by atoms with van der Waals surface area (Å²) < 4.78 is 26.6. The van der Waals surface area contributed by atoms with Crippen LogP contribution >= 0.6 is 11.6 Å². The Bertz CT molecular complexity index is 786. The zero-order valence-electron chi connectivity index (χ0n) is 10.9. The van der Waals surface area contributed by atoms with Gasteiger partial charge >= 0.3 is 5.97 Å². The number of nitrogens with one attached hydrogen (secondary N) is 2. The van der Waals surface area contributed by atoms with Crippen LogP contribution in [0.4, 0.5) is 5.82 Å². The Hall–Kier alpha value is -2.06. The normalized spacial score (nSPS) is 11.3. The largest absolute Gasteiger partial charge is 0.478 e. The smallest absolute Gasteiger partial charge is 0.337 e. The molecule has 2 rings (SSSR count). The molecule has 7 nitrogen and oxygen atoms in total. The number of carboxylic acids is 1. The van der Waals surface area contributed by atoms with Crippen molar-refractivity contribution in [1.82, 2.24) is 10.2 Å². The molecule has 0 bridgehead atoms. The molecule has 0 fully saturated rings. The zero-order valence-corrected chi connectivity index (χ0v) is 12.5. The highest BCUT2D eigenvalue weighted by Gasteiger charge is 2.19. The minimum atomic E-state index is -3.94. The molecule has 0 saturated heterocycles. The summed E-state index contributed by atoms with van der Waals surface area (Å²) in [4.78, 5) is 10.8. The van der Waals surface area contributed by atoms with E-state index in [0.717, 1.165) is 11.8 Å². The SMILES string of the molecule is CCc1cc(NS(=O)(=O)c2ccc(Cl)c(C(=O)O)c2)n[nH]1. The topological polar surface area (TPSA) is 112 Å². The van der Waals surface area contributed by atoms with Crippen LogP contribution in [-0.2, 0) is 16.4 Å². The second kappa shape index (κ2) is 5.74. The van der Waals surface area contributed by atoms with E-state index in [1.165, 1.54) is 12.1 Å². The van der Waals surface area contributed by atoms with Gasteiger partial charge in [0.15, 0.2) is 5.82 Å². The lowest BCUT2D eigenvalue weighted by Crippen LogP contribution is -2.14. The number of sulfonamides is 1. The summed E-state index contributed by atoms with van der Waals surface area (Å²) in [5, 5.41) is 15.4. The van der Waals surface area contributed by atoms with Crippen LogP contribution in [0, 0.1) is 0 Å². The number of H-pyrrole nitrogens is 1. The highest BCUT2D eigenvalue weighted by atomic mass is 35.5. The van der Waals surface area contributed by atoms with Gasteiger partial charge in [0, 0.05) is 11.8 Å². The molecule has 0 radical (unpaired) electrons. The summed E-state index contributed by atoms with van der Waals surface area (Å²) >= 11 is 5.71. The van der Waals surface area contributed by atoms with Crippen molar-refractivity contribution in [1.29, 1.82) is 0 Å². The molecule has 1 heterocycles. The summed E-state index contributed by atoms with van der Waals surface area (Å²) in [5.41, 5.74) is 0.492. The quantitative estimate of drug-likeness (QED) is 0.777. The Morgan fingerprint density at radius 1 is 1.43 bits per heavy atom.